The Bertz CT molecular complexity index is 684. The van der Waals surface area contributed by atoms with Gasteiger partial charge in [0.1, 0.15) is 5.82 Å². The number of aryl methyl sites for hydroxylation is 1. The summed E-state index contributed by atoms with van der Waals surface area (Å²) >= 11 is 0. The van der Waals surface area contributed by atoms with E-state index in [1.165, 1.54) is 0 Å². The first-order valence-electron chi connectivity index (χ1n) is 6.58. The Kier molecular flexibility index (Phi) is 3.25. The second-order valence-corrected chi connectivity index (χ2v) is 4.73. The summed E-state index contributed by atoms with van der Waals surface area (Å²) < 4.78 is 3.88. The lowest BCUT2D eigenvalue weighted by Crippen LogP contribution is -2.13. The van der Waals surface area contributed by atoms with E-state index in [0.29, 0.717) is 0 Å². The summed E-state index contributed by atoms with van der Waals surface area (Å²) in [5.41, 5.74) is 2.06. The number of rotatable bonds is 4. The van der Waals surface area contributed by atoms with E-state index in [4.69, 9.17) is 0 Å². The molecule has 1 unspecified atom stereocenters. The molecule has 5 nitrogen and oxygen atoms in total. The molecular formula is C15H17N5. The molecule has 0 aliphatic rings. The molecule has 20 heavy (non-hydrogen) atoms. The minimum absolute atomic E-state index is 0.117. The lowest BCUT2D eigenvalue weighted by Gasteiger charge is -2.17. The van der Waals surface area contributed by atoms with E-state index in [1.54, 1.807) is 6.20 Å². The normalized spacial score (nSPS) is 12.3. The van der Waals surface area contributed by atoms with Crippen LogP contribution in [0.15, 0.2) is 55.1 Å². The van der Waals surface area contributed by atoms with Gasteiger partial charge in [-0.25, -0.2) is 9.67 Å². The standard InChI is InChI=1S/C15H17N5/c1-12(15-16-9-11-19(15)2)18-13-6-3-4-7-14(13)20-10-5-8-17-20/h3-12,18H,1-2H3. The number of para-hydroxylation sites is 2. The average molecular weight is 267 g/mol. The molecule has 0 aliphatic carbocycles. The summed E-state index contributed by atoms with van der Waals surface area (Å²) in [7, 11) is 2.00. The zero-order valence-corrected chi connectivity index (χ0v) is 11.6. The van der Waals surface area contributed by atoms with E-state index in [2.05, 4.69) is 28.4 Å². The lowest BCUT2D eigenvalue weighted by atomic mass is 10.2. The summed E-state index contributed by atoms with van der Waals surface area (Å²) in [6.07, 6.45) is 7.48. The van der Waals surface area contributed by atoms with E-state index in [0.717, 1.165) is 17.2 Å². The van der Waals surface area contributed by atoms with E-state index < -0.39 is 0 Å². The molecular weight excluding hydrogens is 250 g/mol. The van der Waals surface area contributed by atoms with Crippen LogP contribution < -0.4 is 5.32 Å². The Balaban J connectivity index is 1.90. The highest BCUT2D eigenvalue weighted by molar-refractivity contribution is 5.61. The number of hydrogen-bond donors (Lipinski definition) is 1. The maximum Gasteiger partial charge on any atom is 0.130 e. The van der Waals surface area contributed by atoms with Crippen molar-refractivity contribution in [1.82, 2.24) is 19.3 Å². The van der Waals surface area contributed by atoms with Crippen LogP contribution in [0.2, 0.25) is 0 Å². The second-order valence-electron chi connectivity index (χ2n) is 4.73. The molecule has 2 aromatic heterocycles. The van der Waals surface area contributed by atoms with Crippen LogP contribution in [0.4, 0.5) is 5.69 Å². The van der Waals surface area contributed by atoms with Crippen molar-refractivity contribution in [3.63, 3.8) is 0 Å². The minimum atomic E-state index is 0.117. The van der Waals surface area contributed by atoms with Crippen LogP contribution in [-0.2, 0) is 7.05 Å². The first-order valence-corrected chi connectivity index (χ1v) is 6.58. The zero-order chi connectivity index (χ0) is 13.9. The third kappa shape index (κ3) is 2.30. The van der Waals surface area contributed by atoms with Crippen LogP contribution in [0, 0.1) is 0 Å². The highest BCUT2D eigenvalue weighted by Gasteiger charge is 2.12. The van der Waals surface area contributed by atoms with Gasteiger partial charge in [-0.05, 0) is 25.1 Å². The number of anilines is 1. The van der Waals surface area contributed by atoms with Crippen LogP contribution in [0.25, 0.3) is 5.69 Å². The van der Waals surface area contributed by atoms with Gasteiger partial charge >= 0.3 is 0 Å². The third-order valence-electron chi connectivity index (χ3n) is 3.27. The fourth-order valence-corrected chi connectivity index (χ4v) is 2.30. The molecule has 0 spiro atoms. The first kappa shape index (κ1) is 12.5. The van der Waals surface area contributed by atoms with Gasteiger partial charge in [0, 0.05) is 31.8 Å². The average Bonchev–Trinajstić information content (AvgIpc) is 3.10. The molecule has 5 heteroatoms. The molecule has 0 saturated heterocycles. The smallest absolute Gasteiger partial charge is 0.130 e. The maximum absolute atomic E-state index is 4.38. The summed E-state index contributed by atoms with van der Waals surface area (Å²) in [5, 5.41) is 7.79. The van der Waals surface area contributed by atoms with Gasteiger partial charge in [-0.15, -0.1) is 0 Å². The first-order chi connectivity index (χ1) is 9.75. The molecule has 0 aliphatic heterocycles. The summed E-state index contributed by atoms with van der Waals surface area (Å²) in [6, 6.07) is 10.1. The van der Waals surface area contributed by atoms with Crippen LogP contribution in [-0.4, -0.2) is 19.3 Å². The Morgan fingerprint density at radius 1 is 1.10 bits per heavy atom. The molecule has 0 amide bonds. The maximum atomic E-state index is 4.38. The molecule has 0 radical (unpaired) electrons. The molecule has 1 N–H and O–H groups in total. The molecule has 2 heterocycles. The number of hydrogen-bond acceptors (Lipinski definition) is 3. The van der Waals surface area contributed by atoms with Gasteiger partial charge in [0.25, 0.3) is 0 Å². The SMILES string of the molecule is CC(Nc1ccccc1-n1cccn1)c1nccn1C. The molecule has 3 rings (SSSR count). The summed E-state index contributed by atoms with van der Waals surface area (Å²) in [6.45, 7) is 2.10. The van der Waals surface area contributed by atoms with E-state index in [9.17, 15) is 0 Å². The lowest BCUT2D eigenvalue weighted by molar-refractivity contribution is 0.720. The highest BCUT2D eigenvalue weighted by Crippen LogP contribution is 2.23. The van der Waals surface area contributed by atoms with E-state index >= 15 is 0 Å². The quantitative estimate of drug-likeness (QED) is 0.790. The van der Waals surface area contributed by atoms with Crippen molar-refractivity contribution < 1.29 is 0 Å². The van der Waals surface area contributed by atoms with Crippen molar-refractivity contribution in [1.29, 1.82) is 0 Å². The Labute approximate surface area is 117 Å². The van der Waals surface area contributed by atoms with Gasteiger partial charge in [0.15, 0.2) is 0 Å². The molecule has 1 aromatic carbocycles. The number of nitrogens with zero attached hydrogens (tertiary/aromatic N) is 4. The summed E-state index contributed by atoms with van der Waals surface area (Å²) in [5.74, 6) is 1.00. The van der Waals surface area contributed by atoms with Crippen molar-refractivity contribution in [2.24, 2.45) is 7.05 Å². The van der Waals surface area contributed by atoms with Crippen molar-refractivity contribution in [3.8, 4) is 5.69 Å². The van der Waals surface area contributed by atoms with Gasteiger partial charge in [-0.2, -0.15) is 5.10 Å². The fraction of sp³-hybridized carbons (Fsp3) is 0.200. The predicted molar refractivity (Wildman–Crippen MR) is 78.8 cm³/mol. The molecule has 102 valence electrons. The molecule has 1 atom stereocenters. The number of imidazole rings is 1. The molecule has 0 bridgehead atoms. The number of aromatic nitrogens is 4. The van der Waals surface area contributed by atoms with E-state index in [-0.39, 0.29) is 6.04 Å². The van der Waals surface area contributed by atoms with Gasteiger partial charge in [0.2, 0.25) is 0 Å². The van der Waals surface area contributed by atoms with Gasteiger partial charge in [-0.3, -0.25) is 0 Å². The Hall–Kier alpha value is -2.56. The fourth-order valence-electron chi connectivity index (χ4n) is 2.30. The van der Waals surface area contributed by atoms with Crippen LogP contribution in [0.3, 0.4) is 0 Å². The minimum Gasteiger partial charge on any atom is -0.374 e. The Morgan fingerprint density at radius 3 is 2.65 bits per heavy atom. The predicted octanol–water partition coefficient (Wildman–Crippen LogP) is 2.78. The monoisotopic (exact) mass is 267 g/mol. The van der Waals surface area contributed by atoms with Crippen molar-refractivity contribution in [3.05, 3.63) is 60.9 Å². The van der Waals surface area contributed by atoms with Crippen LogP contribution >= 0.6 is 0 Å². The van der Waals surface area contributed by atoms with E-state index in [1.807, 2.05) is 59.2 Å². The highest BCUT2D eigenvalue weighted by atomic mass is 15.3. The number of nitrogens with one attached hydrogen (secondary N) is 1. The zero-order valence-electron chi connectivity index (χ0n) is 11.6. The van der Waals surface area contributed by atoms with Crippen molar-refractivity contribution >= 4 is 5.69 Å². The van der Waals surface area contributed by atoms with Crippen LogP contribution in [0.1, 0.15) is 18.8 Å². The van der Waals surface area contributed by atoms with Crippen molar-refractivity contribution in [2.75, 3.05) is 5.32 Å². The van der Waals surface area contributed by atoms with Crippen LogP contribution in [0.5, 0.6) is 0 Å². The molecule has 0 fully saturated rings. The van der Waals surface area contributed by atoms with Gasteiger partial charge < -0.3 is 9.88 Å². The molecule has 0 saturated carbocycles. The third-order valence-corrected chi connectivity index (χ3v) is 3.27. The number of benzene rings is 1. The van der Waals surface area contributed by atoms with Gasteiger partial charge in [-0.1, -0.05) is 12.1 Å². The Morgan fingerprint density at radius 2 is 1.95 bits per heavy atom. The van der Waals surface area contributed by atoms with Gasteiger partial charge in [0.05, 0.1) is 17.4 Å². The largest absolute Gasteiger partial charge is 0.374 e. The molecule has 3 aromatic rings. The topological polar surface area (TPSA) is 47.7 Å². The van der Waals surface area contributed by atoms with Crippen molar-refractivity contribution in [2.45, 2.75) is 13.0 Å². The second kappa shape index (κ2) is 5.21. The summed E-state index contributed by atoms with van der Waals surface area (Å²) in [4.78, 5) is 4.38.